The number of esters is 1. The van der Waals surface area contributed by atoms with E-state index in [9.17, 15) is 9.59 Å². The fraction of sp³-hybridized carbons (Fsp3) is 0.368. The fourth-order valence-electron chi connectivity index (χ4n) is 2.55. The highest BCUT2D eigenvalue weighted by molar-refractivity contribution is 6.32. The number of nitrogens with zero attached hydrogens (tertiary/aromatic N) is 4. The summed E-state index contributed by atoms with van der Waals surface area (Å²) >= 11 is 6.34. The third kappa shape index (κ3) is 5.08. The third-order valence-electron chi connectivity index (χ3n) is 4.01. The maximum atomic E-state index is 12.5. The Labute approximate surface area is 163 Å². The molecule has 0 bridgehead atoms. The van der Waals surface area contributed by atoms with Crippen molar-refractivity contribution in [3.05, 3.63) is 52.3 Å². The van der Waals surface area contributed by atoms with Gasteiger partial charge in [-0.3, -0.25) is 4.79 Å². The van der Waals surface area contributed by atoms with Gasteiger partial charge >= 0.3 is 5.97 Å². The molecule has 0 aliphatic carbocycles. The molecule has 0 N–H and O–H groups in total. The van der Waals surface area contributed by atoms with Crippen molar-refractivity contribution in [1.29, 1.82) is 5.26 Å². The number of aromatic nitrogens is 2. The normalized spacial score (nSPS) is 11.5. The van der Waals surface area contributed by atoms with Crippen molar-refractivity contribution < 1.29 is 14.3 Å². The first kappa shape index (κ1) is 20.5. The van der Waals surface area contributed by atoms with Crippen LogP contribution in [0.3, 0.4) is 0 Å². The minimum Gasteiger partial charge on any atom is -0.449 e. The monoisotopic (exact) mass is 388 g/mol. The second-order valence-corrected chi connectivity index (χ2v) is 6.47. The zero-order chi connectivity index (χ0) is 20.0. The van der Waals surface area contributed by atoms with E-state index >= 15 is 0 Å². The first-order valence-electron chi connectivity index (χ1n) is 8.44. The summed E-state index contributed by atoms with van der Waals surface area (Å²) in [5.41, 5.74) is 1.56. The van der Waals surface area contributed by atoms with Crippen molar-refractivity contribution in [2.45, 2.75) is 32.9 Å². The van der Waals surface area contributed by atoms with Gasteiger partial charge in [0.15, 0.2) is 6.10 Å². The fourth-order valence-corrected chi connectivity index (χ4v) is 2.87. The predicted octanol–water partition coefficient (Wildman–Crippen LogP) is 2.81. The molecule has 0 saturated heterocycles. The Morgan fingerprint density at radius 2 is 2.04 bits per heavy atom. The highest BCUT2D eigenvalue weighted by Crippen LogP contribution is 2.22. The van der Waals surface area contributed by atoms with Gasteiger partial charge in [-0.2, -0.15) is 10.4 Å². The second-order valence-electron chi connectivity index (χ2n) is 6.11. The van der Waals surface area contributed by atoms with Crippen LogP contribution in [0.25, 0.3) is 0 Å². The minimum absolute atomic E-state index is 0.145. The Bertz CT molecular complexity index is 858. The van der Waals surface area contributed by atoms with Gasteiger partial charge in [0.1, 0.15) is 10.7 Å². The molecule has 1 amide bonds. The molecule has 2 rings (SSSR count). The summed E-state index contributed by atoms with van der Waals surface area (Å²) in [5.74, 6) is -1.09. The molecule has 1 aromatic carbocycles. The number of carbonyl (C=O) groups is 2. The zero-order valence-electron chi connectivity index (χ0n) is 15.5. The number of aryl methyl sites for hydroxylation is 1. The largest absolute Gasteiger partial charge is 0.449 e. The standard InChI is InChI=1S/C19H21ClN4O3/c1-13-16(17(20)24(22-13)12-15-8-5-4-6-9-15)19(26)27-14(2)18(25)23(3)11-7-10-21/h4-6,8-9,14H,7,11-12H2,1-3H3/t14-/m1/s1. The molecule has 0 aliphatic heterocycles. The Hall–Kier alpha value is -2.85. The molecule has 0 aliphatic rings. The Morgan fingerprint density at radius 3 is 2.67 bits per heavy atom. The summed E-state index contributed by atoms with van der Waals surface area (Å²) in [6, 6.07) is 11.6. The van der Waals surface area contributed by atoms with Crippen LogP contribution in [0.5, 0.6) is 0 Å². The van der Waals surface area contributed by atoms with Gasteiger partial charge in [-0.05, 0) is 19.4 Å². The third-order valence-corrected chi connectivity index (χ3v) is 4.40. The molecule has 2 aromatic rings. The van der Waals surface area contributed by atoms with Crippen LogP contribution in [0.15, 0.2) is 30.3 Å². The van der Waals surface area contributed by atoms with E-state index in [0.717, 1.165) is 5.56 Å². The van der Waals surface area contributed by atoms with E-state index in [2.05, 4.69) is 5.10 Å². The van der Waals surface area contributed by atoms with Crippen LogP contribution < -0.4 is 0 Å². The van der Waals surface area contributed by atoms with Crippen molar-refractivity contribution in [3.8, 4) is 6.07 Å². The maximum absolute atomic E-state index is 12.5. The molecule has 27 heavy (non-hydrogen) atoms. The molecule has 1 aromatic heterocycles. The number of amides is 1. The first-order chi connectivity index (χ1) is 12.8. The van der Waals surface area contributed by atoms with Crippen LogP contribution in [0, 0.1) is 18.3 Å². The smallest absolute Gasteiger partial charge is 0.343 e. The topological polar surface area (TPSA) is 88.2 Å². The van der Waals surface area contributed by atoms with E-state index < -0.39 is 12.1 Å². The number of carbonyl (C=O) groups excluding carboxylic acids is 2. The summed E-state index contributed by atoms with van der Waals surface area (Å²) in [5, 5.41) is 13.1. The number of nitriles is 1. The van der Waals surface area contributed by atoms with Gasteiger partial charge < -0.3 is 9.64 Å². The van der Waals surface area contributed by atoms with E-state index in [-0.39, 0.29) is 29.6 Å². The Balaban J connectivity index is 2.10. The Kier molecular flexibility index (Phi) is 6.97. The van der Waals surface area contributed by atoms with E-state index in [1.165, 1.54) is 16.5 Å². The van der Waals surface area contributed by atoms with Gasteiger partial charge in [0.2, 0.25) is 0 Å². The zero-order valence-corrected chi connectivity index (χ0v) is 16.2. The minimum atomic E-state index is -0.992. The summed E-state index contributed by atoms with van der Waals surface area (Å²) < 4.78 is 6.80. The Morgan fingerprint density at radius 1 is 1.37 bits per heavy atom. The SMILES string of the molecule is Cc1nn(Cc2ccccc2)c(Cl)c1C(=O)O[C@H](C)C(=O)N(C)CCC#N. The van der Waals surface area contributed by atoms with Gasteiger partial charge in [0.05, 0.1) is 24.7 Å². The van der Waals surface area contributed by atoms with Crippen LogP contribution in [0.1, 0.15) is 35.0 Å². The molecular formula is C19H21ClN4O3. The lowest BCUT2D eigenvalue weighted by Crippen LogP contribution is -2.38. The number of likely N-dealkylation sites (N-methyl/N-ethyl adjacent to an activating group) is 1. The van der Waals surface area contributed by atoms with Crippen LogP contribution in [0.2, 0.25) is 5.15 Å². The number of benzene rings is 1. The molecule has 142 valence electrons. The van der Waals surface area contributed by atoms with Crippen LogP contribution in [0.4, 0.5) is 0 Å². The highest BCUT2D eigenvalue weighted by atomic mass is 35.5. The first-order valence-corrected chi connectivity index (χ1v) is 8.82. The molecule has 0 radical (unpaired) electrons. The maximum Gasteiger partial charge on any atom is 0.343 e. The predicted molar refractivity (Wildman–Crippen MR) is 100 cm³/mol. The summed E-state index contributed by atoms with van der Waals surface area (Å²) in [6.45, 7) is 3.83. The van der Waals surface area contributed by atoms with Crippen LogP contribution in [-0.2, 0) is 16.1 Å². The molecular weight excluding hydrogens is 368 g/mol. The summed E-state index contributed by atoms with van der Waals surface area (Å²) in [4.78, 5) is 26.1. The lowest BCUT2D eigenvalue weighted by Gasteiger charge is -2.20. The highest BCUT2D eigenvalue weighted by Gasteiger charge is 2.27. The quantitative estimate of drug-likeness (QED) is 0.680. The van der Waals surface area contributed by atoms with Crippen molar-refractivity contribution in [2.24, 2.45) is 0 Å². The van der Waals surface area contributed by atoms with E-state index in [4.69, 9.17) is 21.6 Å². The van der Waals surface area contributed by atoms with Gasteiger partial charge in [-0.25, -0.2) is 9.48 Å². The molecule has 0 saturated carbocycles. The van der Waals surface area contributed by atoms with E-state index in [1.54, 1.807) is 14.0 Å². The van der Waals surface area contributed by atoms with Crippen molar-refractivity contribution >= 4 is 23.5 Å². The van der Waals surface area contributed by atoms with E-state index in [0.29, 0.717) is 12.2 Å². The summed E-state index contributed by atoms with van der Waals surface area (Å²) in [7, 11) is 1.56. The van der Waals surface area contributed by atoms with E-state index in [1.807, 2.05) is 36.4 Å². The van der Waals surface area contributed by atoms with Gasteiger partial charge in [-0.15, -0.1) is 0 Å². The summed E-state index contributed by atoms with van der Waals surface area (Å²) in [6.07, 6.45) is -0.783. The molecule has 8 heteroatoms. The van der Waals surface area contributed by atoms with Crippen LogP contribution in [-0.4, -0.2) is 46.3 Å². The van der Waals surface area contributed by atoms with Gasteiger partial charge in [0.25, 0.3) is 5.91 Å². The number of hydrogen-bond donors (Lipinski definition) is 0. The second kappa shape index (κ2) is 9.19. The number of hydrogen-bond acceptors (Lipinski definition) is 5. The van der Waals surface area contributed by atoms with Crippen molar-refractivity contribution in [2.75, 3.05) is 13.6 Å². The lowest BCUT2D eigenvalue weighted by atomic mass is 10.2. The molecule has 1 atom stereocenters. The lowest BCUT2D eigenvalue weighted by molar-refractivity contribution is -0.138. The number of rotatable bonds is 7. The molecule has 7 nitrogen and oxygen atoms in total. The van der Waals surface area contributed by atoms with Crippen molar-refractivity contribution in [3.63, 3.8) is 0 Å². The average Bonchev–Trinajstić information content (AvgIpc) is 2.93. The van der Waals surface area contributed by atoms with Crippen molar-refractivity contribution in [1.82, 2.24) is 14.7 Å². The molecule has 0 fully saturated rings. The molecule has 0 unspecified atom stereocenters. The molecule has 0 spiro atoms. The molecule has 1 heterocycles. The van der Waals surface area contributed by atoms with Gasteiger partial charge in [-0.1, -0.05) is 41.9 Å². The van der Waals surface area contributed by atoms with Crippen LogP contribution >= 0.6 is 11.6 Å². The van der Waals surface area contributed by atoms with Gasteiger partial charge in [0, 0.05) is 13.6 Å². The number of halogens is 1. The average molecular weight is 389 g/mol. The number of ether oxygens (including phenoxy) is 1.